The number of nitrogens with one attached hydrogen (secondary N) is 1. The molecule has 3 rings (SSSR count). The number of anilines is 1. The van der Waals surface area contributed by atoms with Gasteiger partial charge in [-0.25, -0.2) is 18.4 Å². The summed E-state index contributed by atoms with van der Waals surface area (Å²) < 4.78 is 26.9. The van der Waals surface area contributed by atoms with Gasteiger partial charge in [0.25, 0.3) is 10.0 Å². The molecule has 3 aromatic rings. The lowest BCUT2D eigenvalue weighted by molar-refractivity contribution is 0.601. The summed E-state index contributed by atoms with van der Waals surface area (Å²) in [6.07, 6.45) is 1.65. The minimum Gasteiger partial charge on any atom is -0.255 e. The van der Waals surface area contributed by atoms with E-state index in [1.807, 2.05) is 6.92 Å². The molecule has 0 aliphatic rings. The monoisotopic (exact) mass is 305 g/mol. The first-order chi connectivity index (χ1) is 9.54. The number of benzene rings is 1. The SMILES string of the molecule is Cc1ccc(S(=O)(=O)Nc2nc3cccnc3s2)cc1. The van der Waals surface area contributed by atoms with Gasteiger partial charge in [0, 0.05) is 6.20 Å². The number of rotatable bonds is 3. The lowest BCUT2D eigenvalue weighted by atomic mass is 10.2. The number of hydrogen-bond donors (Lipinski definition) is 1. The van der Waals surface area contributed by atoms with Crippen LogP contribution in [-0.2, 0) is 10.0 Å². The van der Waals surface area contributed by atoms with E-state index in [0.29, 0.717) is 15.5 Å². The molecule has 2 aromatic heterocycles. The standard InChI is InChI=1S/C13H11N3O2S2/c1-9-4-6-10(7-5-9)20(17,18)16-13-15-11-3-2-8-14-12(11)19-13/h2-8H,1H3,(H,15,16). The first-order valence-corrected chi connectivity index (χ1v) is 8.16. The zero-order valence-corrected chi connectivity index (χ0v) is 12.2. The largest absolute Gasteiger partial charge is 0.263 e. The van der Waals surface area contributed by atoms with Gasteiger partial charge >= 0.3 is 0 Å². The Balaban J connectivity index is 1.94. The third-order valence-corrected chi connectivity index (χ3v) is 5.10. The summed E-state index contributed by atoms with van der Waals surface area (Å²) >= 11 is 1.21. The normalized spacial score (nSPS) is 11.7. The molecule has 102 valence electrons. The minimum atomic E-state index is -3.61. The quantitative estimate of drug-likeness (QED) is 0.807. The lowest BCUT2D eigenvalue weighted by Crippen LogP contribution is -2.12. The highest BCUT2D eigenvalue weighted by Crippen LogP contribution is 2.25. The highest BCUT2D eigenvalue weighted by Gasteiger charge is 2.16. The van der Waals surface area contributed by atoms with Crippen molar-refractivity contribution in [3.63, 3.8) is 0 Å². The van der Waals surface area contributed by atoms with Crippen molar-refractivity contribution in [1.82, 2.24) is 9.97 Å². The molecule has 0 saturated carbocycles. The molecule has 2 heterocycles. The second kappa shape index (κ2) is 4.84. The van der Waals surface area contributed by atoms with Crippen LogP contribution in [0.3, 0.4) is 0 Å². The average molecular weight is 305 g/mol. The fraction of sp³-hybridized carbons (Fsp3) is 0.0769. The molecule has 0 aliphatic heterocycles. The lowest BCUT2D eigenvalue weighted by Gasteiger charge is -2.04. The molecular weight excluding hydrogens is 294 g/mol. The topological polar surface area (TPSA) is 72.0 Å². The Morgan fingerprint density at radius 2 is 1.90 bits per heavy atom. The molecule has 0 aliphatic carbocycles. The van der Waals surface area contributed by atoms with Gasteiger partial charge in [-0.1, -0.05) is 29.0 Å². The maximum absolute atomic E-state index is 12.2. The number of aryl methyl sites for hydroxylation is 1. The third kappa shape index (κ3) is 2.50. The average Bonchev–Trinajstić information content (AvgIpc) is 2.80. The molecule has 1 N–H and O–H groups in total. The van der Waals surface area contributed by atoms with Crippen molar-refractivity contribution in [3.05, 3.63) is 48.2 Å². The van der Waals surface area contributed by atoms with Crippen LogP contribution in [0.4, 0.5) is 5.13 Å². The van der Waals surface area contributed by atoms with Crippen LogP contribution in [-0.4, -0.2) is 18.4 Å². The van der Waals surface area contributed by atoms with Gasteiger partial charge in [0.1, 0.15) is 10.3 Å². The molecule has 0 spiro atoms. The van der Waals surface area contributed by atoms with Gasteiger partial charge in [-0.15, -0.1) is 0 Å². The molecule has 0 radical (unpaired) electrons. The summed E-state index contributed by atoms with van der Waals surface area (Å²) in [4.78, 5) is 9.26. The summed E-state index contributed by atoms with van der Waals surface area (Å²) in [6, 6.07) is 10.2. The number of nitrogens with zero attached hydrogens (tertiary/aromatic N) is 2. The molecular formula is C13H11N3O2S2. The van der Waals surface area contributed by atoms with Gasteiger partial charge in [0.15, 0.2) is 5.13 Å². The van der Waals surface area contributed by atoms with Crippen molar-refractivity contribution in [1.29, 1.82) is 0 Å². The maximum atomic E-state index is 12.2. The molecule has 0 fully saturated rings. The van der Waals surface area contributed by atoms with Crippen molar-refractivity contribution in [2.45, 2.75) is 11.8 Å². The van der Waals surface area contributed by atoms with Crippen LogP contribution in [0.5, 0.6) is 0 Å². The van der Waals surface area contributed by atoms with Gasteiger partial charge in [0.05, 0.1) is 4.90 Å². The summed E-state index contributed by atoms with van der Waals surface area (Å²) in [6.45, 7) is 1.91. The molecule has 0 bridgehead atoms. The van der Waals surface area contributed by atoms with E-state index < -0.39 is 10.0 Å². The maximum Gasteiger partial charge on any atom is 0.263 e. The van der Waals surface area contributed by atoms with E-state index in [2.05, 4.69) is 14.7 Å². The van der Waals surface area contributed by atoms with Crippen molar-refractivity contribution < 1.29 is 8.42 Å². The van der Waals surface area contributed by atoms with Gasteiger partial charge in [-0.05, 0) is 31.2 Å². The van der Waals surface area contributed by atoms with E-state index in [0.717, 1.165) is 5.56 Å². The fourth-order valence-electron chi connectivity index (χ4n) is 1.70. The van der Waals surface area contributed by atoms with E-state index in [1.165, 1.54) is 11.3 Å². The second-order valence-corrected chi connectivity index (χ2v) is 6.93. The third-order valence-electron chi connectivity index (χ3n) is 2.72. The number of thiazole rings is 1. The molecule has 1 aromatic carbocycles. The highest BCUT2D eigenvalue weighted by atomic mass is 32.2. The van der Waals surface area contributed by atoms with Gasteiger partial charge in [-0.2, -0.15) is 0 Å². The molecule has 5 nitrogen and oxygen atoms in total. The van der Waals surface area contributed by atoms with Crippen LogP contribution in [0.1, 0.15) is 5.56 Å². The van der Waals surface area contributed by atoms with E-state index in [-0.39, 0.29) is 4.90 Å². The highest BCUT2D eigenvalue weighted by molar-refractivity contribution is 7.93. The Bertz CT molecular complexity index is 822. The fourth-order valence-corrected chi connectivity index (χ4v) is 3.75. The summed E-state index contributed by atoms with van der Waals surface area (Å²) in [7, 11) is -3.61. The first-order valence-electron chi connectivity index (χ1n) is 5.86. The van der Waals surface area contributed by atoms with Crippen molar-refractivity contribution in [3.8, 4) is 0 Å². The van der Waals surface area contributed by atoms with Gasteiger partial charge < -0.3 is 0 Å². The van der Waals surface area contributed by atoms with Crippen LogP contribution < -0.4 is 4.72 Å². The summed E-state index contributed by atoms with van der Waals surface area (Å²) in [5, 5.41) is 0.319. The number of fused-ring (bicyclic) bond motifs is 1. The molecule has 0 atom stereocenters. The minimum absolute atomic E-state index is 0.218. The molecule has 7 heteroatoms. The van der Waals surface area contributed by atoms with E-state index in [4.69, 9.17) is 0 Å². The zero-order chi connectivity index (χ0) is 14.2. The smallest absolute Gasteiger partial charge is 0.255 e. The summed E-state index contributed by atoms with van der Waals surface area (Å²) in [5.74, 6) is 0. The Morgan fingerprint density at radius 1 is 1.15 bits per heavy atom. The predicted molar refractivity (Wildman–Crippen MR) is 79.4 cm³/mol. The number of aromatic nitrogens is 2. The Hall–Kier alpha value is -1.99. The van der Waals surface area contributed by atoms with Gasteiger partial charge in [-0.3, -0.25) is 4.72 Å². The van der Waals surface area contributed by atoms with Crippen molar-refractivity contribution in [2.75, 3.05) is 4.72 Å². The van der Waals surface area contributed by atoms with Crippen LogP contribution in [0.2, 0.25) is 0 Å². The first kappa shape index (κ1) is 13.0. The van der Waals surface area contributed by atoms with Crippen LogP contribution in [0.25, 0.3) is 10.3 Å². The van der Waals surface area contributed by atoms with Crippen LogP contribution >= 0.6 is 11.3 Å². The molecule has 20 heavy (non-hydrogen) atoms. The van der Waals surface area contributed by atoms with Gasteiger partial charge in [0.2, 0.25) is 0 Å². The molecule has 0 amide bonds. The van der Waals surface area contributed by atoms with Crippen molar-refractivity contribution >= 4 is 36.8 Å². The number of pyridine rings is 1. The van der Waals surface area contributed by atoms with Crippen LogP contribution in [0, 0.1) is 6.92 Å². The van der Waals surface area contributed by atoms with Crippen molar-refractivity contribution in [2.24, 2.45) is 0 Å². The summed E-state index contributed by atoms with van der Waals surface area (Å²) in [5.41, 5.74) is 1.69. The molecule has 0 unspecified atom stereocenters. The van der Waals surface area contributed by atoms with E-state index in [9.17, 15) is 8.42 Å². The molecule has 0 saturated heterocycles. The van der Waals surface area contributed by atoms with E-state index in [1.54, 1.807) is 42.6 Å². The predicted octanol–water partition coefficient (Wildman–Crippen LogP) is 2.80. The second-order valence-electron chi connectivity index (χ2n) is 4.27. The Kier molecular flexibility index (Phi) is 3.15. The Labute approximate surface area is 120 Å². The van der Waals surface area contributed by atoms with Crippen LogP contribution in [0.15, 0.2) is 47.5 Å². The number of sulfonamides is 1. The zero-order valence-electron chi connectivity index (χ0n) is 10.6. The Morgan fingerprint density at radius 3 is 2.60 bits per heavy atom. The van der Waals surface area contributed by atoms with E-state index >= 15 is 0 Å². The number of hydrogen-bond acceptors (Lipinski definition) is 5.